The second-order valence-electron chi connectivity index (χ2n) is 10.5. The van der Waals surface area contributed by atoms with Gasteiger partial charge in [-0.1, -0.05) is 43.7 Å². The van der Waals surface area contributed by atoms with Crippen LogP contribution in [0.4, 0.5) is 0 Å². The highest BCUT2D eigenvalue weighted by atomic mass is 16.5. The van der Waals surface area contributed by atoms with E-state index in [-0.39, 0.29) is 29.8 Å². The van der Waals surface area contributed by atoms with Crippen LogP contribution in [0.15, 0.2) is 42.5 Å². The van der Waals surface area contributed by atoms with Crippen molar-refractivity contribution in [2.45, 2.75) is 64.8 Å². The van der Waals surface area contributed by atoms with Gasteiger partial charge in [-0.05, 0) is 36.1 Å². The summed E-state index contributed by atoms with van der Waals surface area (Å²) < 4.78 is 6.13. The van der Waals surface area contributed by atoms with Crippen molar-refractivity contribution in [2.24, 2.45) is 0 Å². The zero-order valence-electron chi connectivity index (χ0n) is 22.0. The summed E-state index contributed by atoms with van der Waals surface area (Å²) in [4.78, 5) is 55.3. The van der Waals surface area contributed by atoms with Gasteiger partial charge in [-0.2, -0.15) is 0 Å². The van der Waals surface area contributed by atoms with Crippen molar-refractivity contribution in [1.29, 1.82) is 0 Å². The number of carbonyl (C=O) groups excluding carboxylic acids is 4. The highest BCUT2D eigenvalue weighted by molar-refractivity contribution is 6.07. The normalized spacial score (nSPS) is 20.3. The summed E-state index contributed by atoms with van der Waals surface area (Å²) in [5.74, 6) is 0.452. The minimum Gasteiger partial charge on any atom is -0.489 e. The molecule has 2 aromatic carbocycles. The van der Waals surface area contributed by atoms with E-state index in [1.54, 1.807) is 17.0 Å². The van der Waals surface area contributed by atoms with Crippen LogP contribution < -0.4 is 4.74 Å². The number of nitrogens with zero attached hydrogens (tertiary/aromatic N) is 3. The molecule has 1 saturated heterocycles. The minimum atomic E-state index is -0.539. The molecular formula is C30H35N3O5. The molecule has 1 saturated carbocycles. The summed E-state index contributed by atoms with van der Waals surface area (Å²) in [6, 6.07) is 13.1. The van der Waals surface area contributed by atoms with E-state index in [0.29, 0.717) is 43.9 Å². The number of hydrogen-bond donors (Lipinski definition) is 0. The Balaban J connectivity index is 1.16. The molecule has 0 spiro atoms. The van der Waals surface area contributed by atoms with E-state index in [1.807, 2.05) is 23.1 Å². The van der Waals surface area contributed by atoms with Gasteiger partial charge in [0.05, 0.1) is 25.6 Å². The number of hydrogen-bond acceptors (Lipinski definition) is 6. The van der Waals surface area contributed by atoms with E-state index in [1.165, 1.54) is 0 Å². The molecule has 2 heterocycles. The summed E-state index contributed by atoms with van der Waals surface area (Å²) in [6.07, 6.45) is 2.79. The molecule has 1 atom stereocenters. The molecule has 1 aliphatic carbocycles. The molecule has 2 aliphatic heterocycles. The molecule has 0 N–H and O–H groups in total. The number of amides is 2. The van der Waals surface area contributed by atoms with Gasteiger partial charge in [0, 0.05) is 43.7 Å². The predicted octanol–water partition coefficient (Wildman–Crippen LogP) is 3.36. The van der Waals surface area contributed by atoms with Crippen LogP contribution in [0.5, 0.6) is 5.75 Å². The summed E-state index contributed by atoms with van der Waals surface area (Å²) in [6.45, 7) is 6.55. The standard InChI is InChI=1S/C30H35N3O5/c1-2-3-13-32-15-14-31(19-29(32)36)17-21-7-9-22(10-8-21)20-38-28-6-4-5-24-25(28)18-33(30(24)37)26-12-11-23(34)16-27(26)35/h4-10,26H,2-3,11-20H2,1H3. The Hall–Kier alpha value is -3.52. The summed E-state index contributed by atoms with van der Waals surface area (Å²) in [5, 5.41) is 0. The first-order valence-corrected chi connectivity index (χ1v) is 13.6. The number of fused-ring (bicyclic) bond motifs is 1. The van der Waals surface area contributed by atoms with Crippen LogP contribution in [-0.2, 0) is 34.1 Å². The number of ketones is 2. The second-order valence-corrected chi connectivity index (χ2v) is 10.5. The summed E-state index contributed by atoms with van der Waals surface area (Å²) >= 11 is 0. The minimum absolute atomic E-state index is 0.0519. The van der Waals surface area contributed by atoms with Gasteiger partial charge in [-0.3, -0.25) is 24.1 Å². The van der Waals surface area contributed by atoms with Crippen molar-refractivity contribution in [2.75, 3.05) is 26.2 Å². The average molecular weight is 518 g/mol. The molecule has 3 aliphatic rings. The largest absolute Gasteiger partial charge is 0.489 e. The third-order valence-electron chi connectivity index (χ3n) is 7.77. The van der Waals surface area contributed by atoms with Crippen molar-refractivity contribution in [3.05, 3.63) is 64.7 Å². The Morgan fingerprint density at radius 1 is 0.947 bits per heavy atom. The van der Waals surface area contributed by atoms with Crippen molar-refractivity contribution in [1.82, 2.24) is 14.7 Å². The van der Waals surface area contributed by atoms with Gasteiger partial charge in [0.2, 0.25) is 5.91 Å². The molecule has 2 fully saturated rings. The first-order valence-electron chi connectivity index (χ1n) is 13.6. The summed E-state index contributed by atoms with van der Waals surface area (Å²) in [7, 11) is 0. The molecule has 2 aromatic rings. The lowest BCUT2D eigenvalue weighted by Crippen LogP contribution is -2.50. The average Bonchev–Trinajstić information content (AvgIpc) is 3.24. The zero-order valence-corrected chi connectivity index (χ0v) is 22.0. The number of ether oxygens (including phenoxy) is 1. The predicted molar refractivity (Wildman–Crippen MR) is 142 cm³/mol. The van der Waals surface area contributed by atoms with Gasteiger partial charge >= 0.3 is 0 Å². The topological polar surface area (TPSA) is 87.2 Å². The molecule has 0 bridgehead atoms. The Kier molecular flexibility index (Phi) is 7.88. The molecule has 1 unspecified atom stereocenters. The number of piperazine rings is 1. The van der Waals surface area contributed by atoms with Crippen molar-refractivity contribution < 1.29 is 23.9 Å². The monoisotopic (exact) mass is 517 g/mol. The maximum Gasteiger partial charge on any atom is 0.255 e. The highest BCUT2D eigenvalue weighted by Gasteiger charge is 2.40. The molecule has 8 nitrogen and oxygen atoms in total. The van der Waals surface area contributed by atoms with Crippen LogP contribution >= 0.6 is 0 Å². The molecule has 5 rings (SSSR count). The Labute approximate surface area is 223 Å². The van der Waals surface area contributed by atoms with Gasteiger partial charge in [0.1, 0.15) is 18.1 Å². The molecule has 0 radical (unpaired) electrons. The Bertz CT molecular complexity index is 1220. The van der Waals surface area contributed by atoms with Gasteiger partial charge < -0.3 is 14.5 Å². The van der Waals surface area contributed by atoms with Crippen LogP contribution in [0.25, 0.3) is 0 Å². The van der Waals surface area contributed by atoms with E-state index >= 15 is 0 Å². The smallest absolute Gasteiger partial charge is 0.255 e. The van der Waals surface area contributed by atoms with E-state index < -0.39 is 6.04 Å². The maximum absolute atomic E-state index is 13.0. The highest BCUT2D eigenvalue weighted by Crippen LogP contribution is 2.34. The van der Waals surface area contributed by atoms with E-state index in [2.05, 4.69) is 24.0 Å². The van der Waals surface area contributed by atoms with Crippen molar-refractivity contribution >= 4 is 23.4 Å². The van der Waals surface area contributed by atoms with Gasteiger partial charge in [0.15, 0.2) is 5.78 Å². The van der Waals surface area contributed by atoms with Gasteiger partial charge in [-0.15, -0.1) is 0 Å². The van der Waals surface area contributed by atoms with Crippen LogP contribution in [0, 0.1) is 0 Å². The summed E-state index contributed by atoms with van der Waals surface area (Å²) in [5.41, 5.74) is 3.52. The van der Waals surface area contributed by atoms with Crippen molar-refractivity contribution in [3.8, 4) is 5.75 Å². The fourth-order valence-corrected chi connectivity index (χ4v) is 5.54. The third kappa shape index (κ3) is 5.65. The fraction of sp³-hybridized carbons (Fsp3) is 0.467. The lowest BCUT2D eigenvalue weighted by molar-refractivity contribution is -0.136. The third-order valence-corrected chi connectivity index (χ3v) is 7.77. The molecule has 2 amide bonds. The Morgan fingerprint density at radius 2 is 1.74 bits per heavy atom. The number of carbonyl (C=O) groups is 4. The number of unbranched alkanes of at least 4 members (excludes halogenated alkanes) is 1. The quantitative estimate of drug-likeness (QED) is 0.474. The number of benzene rings is 2. The van der Waals surface area contributed by atoms with Crippen LogP contribution in [0.3, 0.4) is 0 Å². The molecular weight excluding hydrogens is 482 g/mol. The number of rotatable bonds is 9. The lowest BCUT2D eigenvalue weighted by atomic mass is 9.92. The first-order chi connectivity index (χ1) is 18.4. The first kappa shape index (κ1) is 26.1. The zero-order chi connectivity index (χ0) is 26.6. The SMILES string of the molecule is CCCCN1CCN(Cc2ccc(COc3cccc4c3CN(C3CCC(=O)CC3=O)C4=O)cc2)CC1=O. The Morgan fingerprint density at radius 3 is 2.47 bits per heavy atom. The van der Waals surface area contributed by atoms with E-state index in [9.17, 15) is 19.2 Å². The maximum atomic E-state index is 13.0. The fourth-order valence-electron chi connectivity index (χ4n) is 5.54. The van der Waals surface area contributed by atoms with Crippen molar-refractivity contribution in [3.63, 3.8) is 0 Å². The van der Waals surface area contributed by atoms with Crippen LogP contribution in [0.2, 0.25) is 0 Å². The van der Waals surface area contributed by atoms with Crippen LogP contribution in [-0.4, -0.2) is 70.3 Å². The van der Waals surface area contributed by atoms with E-state index in [0.717, 1.165) is 55.7 Å². The van der Waals surface area contributed by atoms with Gasteiger partial charge in [0.25, 0.3) is 5.91 Å². The number of Topliss-reactive ketones (excluding diaryl/α,β-unsaturated/α-hetero) is 2. The molecule has 0 aromatic heterocycles. The van der Waals surface area contributed by atoms with Crippen LogP contribution in [0.1, 0.15) is 66.1 Å². The lowest BCUT2D eigenvalue weighted by Gasteiger charge is -2.34. The molecule has 38 heavy (non-hydrogen) atoms. The second kappa shape index (κ2) is 11.5. The molecule has 200 valence electrons. The molecule has 8 heteroatoms. The van der Waals surface area contributed by atoms with E-state index in [4.69, 9.17) is 4.74 Å². The van der Waals surface area contributed by atoms with Gasteiger partial charge in [-0.25, -0.2) is 0 Å².